The van der Waals surface area contributed by atoms with Gasteiger partial charge in [-0.3, -0.25) is 4.57 Å². The van der Waals surface area contributed by atoms with Gasteiger partial charge in [-0.15, -0.1) is 0 Å². The maximum absolute atomic E-state index is 12.4. The van der Waals surface area contributed by atoms with Crippen LogP contribution in [0, 0.1) is 0 Å². The standard InChI is InChI=1S/C10H17F2N3O/c1-2-3-13-5-7-16-8-9-14-4-6-15(9)10(11)12/h4,6,10,13H,2-3,5,7-8H2,1H3. The van der Waals surface area contributed by atoms with E-state index in [1.807, 2.05) is 0 Å². The van der Waals surface area contributed by atoms with E-state index in [1.165, 1.54) is 12.4 Å². The van der Waals surface area contributed by atoms with E-state index < -0.39 is 6.55 Å². The Labute approximate surface area is 93.6 Å². The summed E-state index contributed by atoms with van der Waals surface area (Å²) in [5.41, 5.74) is 0. The van der Waals surface area contributed by atoms with Crippen molar-refractivity contribution in [2.45, 2.75) is 26.5 Å². The summed E-state index contributed by atoms with van der Waals surface area (Å²) in [6, 6.07) is 0. The van der Waals surface area contributed by atoms with E-state index >= 15 is 0 Å². The lowest BCUT2D eigenvalue weighted by Crippen LogP contribution is -2.20. The normalized spacial score (nSPS) is 11.2. The summed E-state index contributed by atoms with van der Waals surface area (Å²) >= 11 is 0. The first-order valence-corrected chi connectivity index (χ1v) is 5.34. The molecule has 1 N–H and O–H groups in total. The Kier molecular flexibility index (Phi) is 5.95. The number of imidazole rings is 1. The number of hydrogen-bond acceptors (Lipinski definition) is 3. The van der Waals surface area contributed by atoms with Crippen molar-refractivity contribution < 1.29 is 13.5 Å². The van der Waals surface area contributed by atoms with Crippen molar-refractivity contribution in [3.63, 3.8) is 0 Å². The topological polar surface area (TPSA) is 39.1 Å². The van der Waals surface area contributed by atoms with Crippen molar-refractivity contribution in [3.8, 4) is 0 Å². The molecule has 0 bridgehead atoms. The zero-order valence-corrected chi connectivity index (χ0v) is 9.33. The van der Waals surface area contributed by atoms with Gasteiger partial charge in [0.05, 0.1) is 6.61 Å². The molecule has 0 unspecified atom stereocenters. The fraction of sp³-hybridized carbons (Fsp3) is 0.700. The van der Waals surface area contributed by atoms with E-state index in [4.69, 9.17) is 4.74 Å². The summed E-state index contributed by atoms with van der Waals surface area (Å²) in [6.45, 7) is 1.80. The molecular weight excluding hydrogens is 216 g/mol. The minimum atomic E-state index is -2.56. The fourth-order valence-electron chi connectivity index (χ4n) is 1.24. The van der Waals surface area contributed by atoms with Gasteiger partial charge in [0.25, 0.3) is 0 Å². The van der Waals surface area contributed by atoms with Crippen LogP contribution in [0.2, 0.25) is 0 Å². The van der Waals surface area contributed by atoms with Gasteiger partial charge in [-0.1, -0.05) is 6.92 Å². The average molecular weight is 233 g/mol. The Balaban J connectivity index is 2.19. The van der Waals surface area contributed by atoms with E-state index in [1.54, 1.807) is 0 Å². The molecule has 0 aromatic carbocycles. The molecule has 0 amide bonds. The van der Waals surface area contributed by atoms with Crippen molar-refractivity contribution in [2.75, 3.05) is 19.7 Å². The summed E-state index contributed by atoms with van der Waals surface area (Å²) < 4.78 is 30.8. The Bertz CT molecular complexity index is 291. The molecule has 0 saturated heterocycles. The van der Waals surface area contributed by atoms with Crippen LogP contribution in [-0.2, 0) is 11.3 Å². The second-order valence-electron chi connectivity index (χ2n) is 3.33. The third kappa shape index (κ3) is 4.24. The zero-order chi connectivity index (χ0) is 11.8. The summed E-state index contributed by atoms with van der Waals surface area (Å²) in [5.74, 6) is 0.255. The second-order valence-corrected chi connectivity index (χ2v) is 3.33. The molecule has 0 aliphatic rings. The largest absolute Gasteiger partial charge is 0.372 e. The van der Waals surface area contributed by atoms with Gasteiger partial charge < -0.3 is 10.1 Å². The molecule has 0 spiro atoms. The highest BCUT2D eigenvalue weighted by Crippen LogP contribution is 2.12. The number of halogens is 2. The minimum Gasteiger partial charge on any atom is -0.372 e. The van der Waals surface area contributed by atoms with Crippen LogP contribution in [0.4, 0.5) is 8.78 Å². The highest BCUT2D eigenvalue weighted by molar-refractivity contribution is 4.90. The molecule has 1 aromatic heterocycles. The minimum absolute atomic E-state index is 0.116. The van der Waals surface area contributed by atoms with E-state index in [0.717, 1.165) is 24.1 Å². The van der Waals surface area contributed by atoms with Crippen molar-refractivity contribution in [1.82, 2.24) is 14.9 Å². The number of hydrogen-bond donors (Lipinski definition) is 1. The van der Waals surface area contributed by atoms with E-state index in [-0.39, 0.29) is 12.4 Å². The monoisotopic (exact) mass is 233 g/mol. The Hall–Kier alpha value is -1.01. The lowest BCUT2D eigenvalue weighted by atomic mass is 10.5. The third-order valence-electron chi connectivity index (χ3n) is 2.04. The van der Waals surface area contributed by atoms with Gasteiger partial charge in [0.2, 0.25) is 0 Å². The van der Waals surface area contributed by atoms with Gasteiger partial charge in [0.15, 0.2) is 0 Å². The van der Waals surface area contributed by atoms with Crippen LogP contribution in [0.5, 0.6) is 0 Å². The lowest BCUT2D eigenvalue weighted by Gasteiger charge is -2.07. The van der Waals surface area contributed by atoms with Gasteiger partial charge in [-0.25, -0.2) is 4.98 Å². The number of nitrogens with zero attached hydrogens (tertiary/aromatic N) is 2. The Morgan fingerprint density at radius 3 is 3.00 bits per heavy atom. The molecule has 0 aliphatic heterocycles. The molecule has 0 aliphatic carbocycles. The molecule has 16 heavy (non-hydrogen) atoms. The molecule has 1 heterocycles. The summed E-state index contributed by atoms with van der Waals surface area (Å²) in [6.07, 6.45) is 3.66. The Morgan fingerprint density at radius 2 is 2.31 bits per heavy atom. The van der Waals surface area contributed by atoms with E-state index in [2.05, 4.69) is 17.2 Å². The molecule has 92 valence electrons. The zero-order valence-electron chi connectivity index (χ0n) is 9.33. The fourth-order valence-corrected chi connectivity index (χ4v) is 1.24. The van der Waals surface area contributed by atoms with Gasteiger partial charge >= 0.3 is 6.55 Å². The number of alkyl halides is 2. The summed E-state index contributed by atoms with van der Waals surface area (Å²) in [5, 5.41) is 3.15. The van der Waals surface area contributed by atoms with Crippen molar-refractivity contribution >= 4 is 0 Å². The average Bonchev–Trinajstić information content (AvgIpc) is 2.71. The van der Waals surface area contributed by atoms with Crippen LogP contribution in [0.1, 0.15) is 25.7 Å². The van der Waals surface area contributed by atoms with Gasteiger partial charge in [0, 0.05) is 18.9 Å². The molecular formula is C10H17F2N3O. The highest BCUT2D eigenvalue weighted by Gasteiger charge is 2.10. The molecule has 4 nitrogen and oxygen atoms in total. The van der Waals surface area contributed by atoms with Crippen molar-refractivity contribution in [2.24, 2.45) is 0 Å². The first-order valence-electron chi connectivity index (χ1n) is 5.34. The predicted molar refractivity (Wildman–Crippen MR) is 56.3 cm³/mol. The number of ether oxygens (including phenoxy) is 1. The first-order chi connectivity index (χ1) is 7.75. The lowest BCUT2D eigenvalue weighted by molar-refractivity contribution is 0.0527. The van der Waals surface area contributed by atoms with Crippen LogP contribution in [0.3, 0.4) is 0 Å². The number of rotatable bonds is 8. The van der Waals surface area contributed by atoms with E-state index in [0.29, 0.717) is 6.61 Å². The van der Waals surface area contributed by atoms with Crippen LogP contribution in [0.15, 0.2) is 12.4 Å². The molecule has 1 aromatic rings. The SMILES string of the molecule is CCCNCCOCc1nccn1C(F)F. The predicted octanol–water partition coefficient (Wildman–Crippen LogP) is 1.79. The summed E-state index contributed by atoms with van der Waals surface area (Å²) in [4.78, 5) is 3.81. The molecule has 1 rings (SSSR count). The van der Waals surface area contributed by atoms with Gasteiger partial charge in [-0.2, -0.15) is 8.78 Å². The Morgan fingerprint density at radius 1 is 1.50 bits per heavy atom. The maximum atomic E-state index is 12.4. The van der Waals surface area contributed by atoms with Crippen LogP contribution >= 0.6 is 0 Å². The molecule has 0 fully saturated rings. The molecule has 6 heteroatoms. The molecule has 0 saturated carbocycles. The first kappa shape index (κ1) is 13.1. The summed E-state index contributed by atoms with van der Waals surface area (Å²) in [7, 11) is 0. The van der Waals surface area contributed by atoms with Crippen LogP contribution < -0.4 is 5.32 Å². The van der Waals surface area contributed by atoms with Crippen molar-refractivity contribution in [1.29, 1.82) is 0 Å². The molecule has 0 atom stereocenters. The maximum Gasteiger partial charge on any atom is 0.320 e. The smallest absolute Gasteiger partial charge is 0.320 e. The molecule has 0 radical (unpaired) electrons. The van der Waals surface area contributed by atoms with Crippen molar-refractivity contribution in [3.05, 3.63) is 18.2 Å². The quantitative estimate of drug-likeness (QED) is 0.696. The van der Waals surface area contributed by atoms with E-state index in [9.17, 15) is 8.78 Å². The van der Waals surface area contributed by atoms with Crippen LogP contribution in [0.25, 0.3) is 0 Å². The third-order valence-corrected chi connectivity index (χ3v) is 2.04. The highest BCUT2D eigenvalue weighted by atomic mass is 19.3. The number of nitrogens with one attached hydrogen (secondary N) is 1. The second kappa shape index (κ2) is 7.29. The number of aromatic nitrogens is 2. The van der Waals surface area contributed by atoms with Gasteiger partial charge in [0.1, 0.15) is 12.4 Å². The van der Waals surface area contributed by atoms with Crippen LogP contribution in [-0.4, -0.2) is 29.2 Å². The van der Waals surface area contributed by atoms with Gasteiger partial charge in [-0.05, 0) is 13.0 Å².